The standard InChI is InChI=1S/C23H29N3O3/c1-16-6-5-13-26(15-16)23(29)18-9-7-17(8-10-18)14-24-19-20(22(28)21(19)27)25-11-3-2-4-12-25/h7-10,16,24H,2-6,11-15H2,1H3/t16-/m0/s1. The third kappa shape index (κ3) is 4.07. The first-order valence-electron chi connectivity index (χ1n) is 10.7. The molecule has 6 heteroatoms. The van der Waals surface area contributed by atoms with Crippen molar-refractivity contribution in [2.75, 3.05) is 36.4 Å². The molecule has 1 amide bonds. The lowest BCUT2D eigenvalue weighted by molar-refractivity contribution is 0.0683. The predicted molar refractivity (Wildman–Crippen MR) is 115 cm³/mol. The average molecular weight is 396 g/mol. The Labute approximate surface area is 171 Å². The Kier molecular flexibility index (Phi) is 5.69. The number of rotatable bonds is 5. The molecule has 0 aromatic heterocycles. The molecule has 0 unspecified atom stereocenters. The van der Waals surface area contributed by atoms with Gasteiger partial charge >= 0.3 is 0 Å². The Hall–Kier alpha value is -2.63. The van der Waals surface area contributed by atoms with Crippen molar-refractivity contribution in [1.29, 1.82) is 0 Å². The minimum atomic E-state index is -0.420. The molecule has 6 nitrogen and oxygen atoms in total. The fourth-order valence-electron chi connectivity index (χ4n) is 4.47. The van der Waals surface area contributed by atoms with Crippen LogP contribution in [-0.2, 0) is 6.54 Å². The second-order valence-electron chi connectivity index (χ2n) is 8.48. The number of hydrogen-bond donors (Lipinski definition) is 1. The van der Waals surface area contributed by atoms with Gasteiger partial charge in [-0.2, -0.15) is 0 Å². The largest absolute Gasteiger partial charge is 0.376 e. The zero-order valence-corrected chi connectivity index (χ0v) is 17.1. The molecule has 0 aliphatic carbocycles. The smallest absolute Gasteiger partial charge is 0.253 e. The number of anilines is 2. The monoisotopic (exact) mass is 395 g/mol. The molecule has 2 heterocycles. The van der Waals surface area contributed by atoms with Crippen molar-refractivity contribution >= 4 is 17.3 Å². The van der Waals surface area contributed by atoms with Gasteiger partial charge in [0.05, 0.1) is 0 Å². The van der Waals surface area contributed by atoms with E-state index >= 15 is 0 Å². The molecule has 2 aromatic rings. The molecule has 2 fully saturated rings. The Balaban J connectivity index is 1.39. The van der Waals surface area contributed by atoms with Crippen LogP contribution in [0.3, 0.4) is 0 Å². The highest BCUT2D eigenvalue weighted by molar-refractivity contribution is 5.94. The maximum Gasteiger partial charge on any atom is 0.253 e. The summed E-state index contributed by atoms with van der Waals surface area (Å²) in [5, 5.41) is 3.15. The van der Waals surface area contributed by atoms with E-state index in [0.717, 1.165) is 51.0 Å². The molecule has 0 saturated carbocycles. The molecule has 154 valence electrons. The van der Waals surface area contributed by atoms with Gasteiger partial charge in [-0.1, -0.05) is 19.1 Å². The average Bonchev–Trinajstić information content (AvgIpc) is 2.76. The number of nitrogens with one attached hydrogen (secondary N) is 1. The van der Waals surface area contributed by atoms with Gasteiger partial charge in [0.15, 0.2) is 0 Å². The molecule has 0 spiro atoms. The van der Waals surface area contributed by atoms with Crippen molar-refractivity contribution < 1.29 is 4.79 Å². The van der Waals surface area contributed by atoms with E-state index in [9.17, 15) is 14.4 Å². The van der Waals surface area contributed by atoms with Crippen LogP contribution in [0.25, 0.3) is 0 Å². The van der Waals surface area contributed by atoms with E-state index in [1.807, 2.05) is 34.1 Å². The van der Waals surface area contributed by atoms with E-state index in [1.165, 1.54) is 12.8 Å². The molecular formula is C23H29N3O3. The normalized spacial score (nSPS) is 20.1. The van der Waals surface area contributed by atoms with Crippen LogP contribution in [0.15, 0.2) is 33.9 Å². The van der Waals surface area contributed by atoms with Gasteiger partial charge in [0.2, 0.25) is 0 Å². The summed E-state index contributed by atoms with van der Waals surface area (Å²) in [7, 11) is 0. The lowest BCUT2D eigenvalue weighted by Gasteiger charge is -2.31. The summed E-state index contributed by atoms with van der Waals surface area (Å²) >= 11 is 0. The zero-order valence-electron chi connectivity index (χ0n) is 17.1. The molecule has 1 N–H and O–H groups in total. The highest BCUT2D eigenvalue weighted by Gasteiger charge is 2.27. The Morgan fingerprint density at radius 2 is 1.72 bits per heavy atom. The number of likely N-dealkylation sites (tertiary alicyclic amines) is 1. The Morgan fingerprint density at radius 1 is 1.00 bits per heavy atom. The number of amides is 1. The SMILES string of the molecule is C[C@H]1CCCN(C(=O)c2ccc(CNc3c(N4CCCCC4)c(=O)c3=O)cc2)C1. The van der Waals surface area contributed by atoms with E-state index in [0.29, 0.717) is 29.4 Å². The van der Waals surface area contributed by atoms with Crippen LogP contribution in [0, 0.1) is 5.92 Å². The van der Waals surface area contributed by atoms with Crippen LogP contribution in [0.5, 0.6) is 0 Å². The highest BCUT2D eigenvalue weighted by atomic mass is 16.2. The zero-order chi connectivity index (χ0) is 20.4. The number of carbonyl (C=O) groups excluding carboxylic acids is 1. The lowest BCUT2D eigenvalue weighted by atomic mass is 9.99. The van der Waals surface area contributed by atoms with E-state index in [1.54, 1.807) is 0 Å². The van der Waals surface area contributed by atoms with E-state index < -0.39 is 5.43 Å². The molecule has 2 aromatic carbocycles. The highest BCUT2D eigenvalue weighted by Crippen LogP contribution is 2.24. The van der Waals surface area contributed by atoms with E-state index in [2.05, 4.69) is 12.2 Å². The fourth-order valence-corrected chi connectivity index (χ4v) is 4.47. The second-order valence-corrected chi connectivity index (χ2v) is 8.48. The molecule has 4 rings (SSSR count). The Morgan fingerprint density at radius 3 is 2.41 bits per heavy atom. The minimum Gasteiger partial charge on any atom is -0.376 e. The number of piperidine rings is 2. The van der Waals surface area contributed by atoms with Gasteiger partial charge in [0.25, 0.3) is 16.8 Å². The Bertz CT molecular complexity index is 937. The van der Waals surface area contributed by atoms with Gasteiger partial charge in [-0.05, 0) is 55.7 Å². The van der Waals surface area contributed by atoms with Crippen LogP contribution in [0.4, 0.5) is 11.4 Å². The van der Waals surface area contributed by atoms with Crippen molar-refractivity contribution in [1.82, 2.24) is 4.90 Å². The van der Waals surface area contributed by atoms with Crippen molar-refractivity contribution in [3.8, 4) is 0 Å². The van der Waals surface area contributed by atoms with Gasteiger partial charge in [-0.3, -0.25) is 14.4 Å². The summed E-state index contributed by atoms with van der Waals surface area (Å²) < 4.78 is 0. The van der Waals surface area contributed by atoms with Crippen molar-refractivity contribution in [3.63, 3.8) is 0 Å². The summed E-state index contributed by atoms with van der Waals surface area (Å²) in [5.41, 5.74) is 1.89. The third-order valence-electron chi connectivity index (χ3n) is 6.17. The lowest BCUT2D eigenvalue weighted by Crippen LogP contribution is -2.44. The number of carbonyl (C=O) groups is 1. The molecule has 1 atom stereocenters. The van der Waals surface area contributed by atoms with Gasteiger partial charge in [-0.15, -0.1) is 0 Å². The van der Waals surface area contributed by atoms with Gasteiger partial charge < -0.3 is 15.1 Å². The summed E-state index contributed by atoms with van der Waals surface area (Å²) in [6.07, 6.45) is 5.55. The second kappa shape index (κ2) is 8.39. The van der Waals surface area contributed by atoms with Crippen LogP contribution in [-0.4, -0.2) is 37.0 Å². The third-order valence-corrected chi connectivity index (χ3v) is 6.17. The van der Waals surface area contributed by atoms with Crippen LogP contribution < -0.4 is 21.1 Å². The maximum atomic E-state index is 12.7. The summed E-state index contributed by atoms with van der Waals surface area (Å²) in [6.45, 7) is 5.98. The van der Waals surface area contributed by atoms with Crippen molar-refractivity contribution in [2.24, 2.45) is 5.92 Å². The molecule has 2 aliphatic rings. The van der Waals surface area contributed by atoms with Crippen LogP contribution in [0.1, 0.15) is 54.9 Å². The van der Waals surface area contributed by atoms with Crippen molar-refractivity contribution in [3.05, 3.63) is 55.8 Å². The molecule has 0 radical (unpaired) electrons. The first-order chi connectivity index (χ1) is 14.0. The first kappa shape index (κ1) is 19.7. The first-order valence-corrected chi connectivity index (χ1v) is 10.7. The number of benzene rings is 1. The van der Waals surface area contributed by atoms with Crippen molar-refractivity contribution in [2.45, 2.75) is 45.6 Å². The summed E-state index contributed by atoms with van der Waals surface area (Å²) in [5.74, 6) is 0.646. The molecule has 29 heavy (non-hydrogen) atoms. The molecule has 2 aliphatic heterocycles. The van der Waals surface area contributed by atoms with E-state index in [-0.39, 0.29) is 11.3 Å². The fraction of sp³-hybridized carbons (Fsp3) is 0.522. The molecule has 2 saturated heterocycles. The van der Waals surface area contributed by atoms with Gasteiger partial charge in [-0.25, -0.2) is 0 Å². The minimum absolute atomic E-state index is 0.0888. The predicted octanol–water partition coefficient (Wildman–Crippen LogP) is 2.76. The van der Waals surface area contributed by atoms with E-state index in [4.69, 9.17) is 0 Å². The number of hydrogen-bond acceptors (Lipinski definition) is 5. The summed E-state index contributed by atoms with van der Waals surface area (Å²) in [4.78, 5) is 40.7. The summed E-state index contributed by atoms with van der Waals surface area (Å²) in [6, 6.07) is 7.54. The number of nitrogens with zero attached hydrogens (tertiary/aromatic N) is 2. The van der Waals surface area contributed by atoms with Gasteiger partial charge in [0, 0.05) is 38.3 Å². The topological polar surface area (TPSA) is 69.7 Å². The van der Waals surface area contributed by atoms with Crippen LogP contribution >= 0.6 is 0 Å². The van der Waals surface area contributed by atoms with Crippen LogP contribution in [0.2, 0.25) is 0 Å². The maximum absolute atomic E-state index is 12.7. The van der Waals surface area contributed by atoms with Gasteiger partial charge in [0.1, 0.15) is 11.4 Å². The quantitative estimate of drug-likeness (QED) is 0.789. The molecular weight excluding hydrogens is 366 g/mol. The molecule has 0 bridgehead atoms.